The molecule has 0 saturated carbocycles. The number of phosphoric acid groups is 2. The normalized spacial score (nSPS) is 14.7. The Morgan fingerprint density at radius 3 is 0.800 bits per heavy atom. The molecule has 0 aliphatic heterocycles. The molecule has 0 rings (SSSR count). The predicted molar refractivity (Wildman–Crippen MR) is 454 cm³/mol. The topological polar surface area (TPSA) is 237 Å². The van der Waals surface area contributed by atoms with Gasteiger partial charge in [-0.15, -0.1) is 0 Å². The summed E-state index contributed by atoms with van der Waals surface area (Å²) in [6, 6.07) is 0. The van der Waals surface area contributed by atoms with Crippen molar-refractivity contribution in [2.24, 2.45) is 0 Å². The van der Waals surface area contributed by atoms with Gasteiger partial charge < -0.3 is 33.8 Å². The largest absolute Gasteiger partial charge is 0.472 e. The van der Waals surface area contributed by atoms with Crippen LogP contribution in [0.25, 0.3) is 0 Å². The lowest BCUT2D eigenvalue weighted by Crippen LogP contribution is -2.30. The molecule has 17 nitrogen and oxygen atoms in total. The monoisotopic (exact) mass is 1580 g/mol. The second-order valence-corrected chi connectivity index (χ2v) is 30.2. The average molecular weight is 1580 g/mol. The third-order valence-electron chi connectivity index (χ3n) is 16.9. The van der Waals surface area contributed by atoms with E-state index >= 15 is 0 Å². The lowest BCUT2D eigenvalue weighted by Gasteiger charge is -2.21. The van der Waals surface area contributed by atoms with Gasteiger partial charge >= 0.3 is 39.5 Å². The standard InChI is InChI=1S/C91H148O17P2/c1-5-9-13-17-21-25-29-33-37-40-42-45-48-51-55-59-63-67-71-75-88(93)101-81-86(107-90(95)77-73-69-65-61-57-53-47-36-32-28-24-20-16-12-8-4)83-105-109(97,98)103-79-85(92)80-104-110(99,100)106-84-87(108-91(96)78-74-70-66-62-58-54-50-44-39-35-31-27-23-19-15-11-7-3)82-102-89(94)76-72-68-64-60-56-52-49-46-43-41-38-34-30-26-22-18-14-10-6-2/h9-11,13-15,21-23,25-27,33-39,42-43,45-47,51-52,55-56,64,68,85-87,92H,5-8,12,16-20,24,28-32,40-41,44,48-50,53-54,57-63,65-67,69-84H2,1-4H3,(H,97,98)(H,99,100)/b13-9-,14-10-,15-11-,25-21-,26-22-,27-23-,37-33-,38-34-,39-35-,45-42-,46-43-,47-36-,55-51-,56-52-,68-64-. The van der Waals surface area contributed by atoms with Crippen LogP contribution in [0.2, 0.25) is 0 Å². The van der Waals surface area contributed by atoms with Gasteiger partial charge in [-0.25, -0.2) is 9.13 Å². The molecule has 0 radical (unpaired) electrons. The molecule has 0 aromatic heterocycles. The molecule has 5 unspecified atom stereocenters. The number of esters is 4. The van der Waals surface area contributed by atoms with Crippen molar-refractivity contribution < 1.29 is 80.2 Å². The molecule has 0 aliphatic carbocycles. The zero-order valence-electron chi connectivity index (χ0n) is 68.4. The lowest BCUT2D eigenvalue weighted by atomic mass is 10.1. The summed E-state index contributed by atoms with van der Waals surface area (Å²) in [6.07, 6.45) is 98.7. The Balaban J connectivity index is 5.50. The third-order valence-corrected chi connectivity index (χ3v) is 18.8. The van der Waals surface area contributed by atoms with Crippen molar-refractivity contribution in [3.05, 3.63) is 182 Å². The first-order chi connectivity index (χ1) is 53.7. The molecule has 624 valence electrons. The highest BCUT2D eigenvalue weighted by atomic mass is 31.2. The van der Waals surface area contributed by atoms with Crippen molar-refractivity contribution in [2.75, 3.05) is 39.6 Å². The molecule has 0 heterocycles. The molecule has 110 heavy (non-hydrogen) atoms. The van der Waals surface area contributed by atoms with E-state index in [0.29, 0.717) is 32.1 Å². The summed E-state index contributed by atoms with van der Waals surface area (Å²) in [5.74, 6) is -2.34. The quantitative estimate of drug-likeness (QED) is 0.0169. The molecule has 0 aliphatic rings. The Bertz CT molecular complexity index is 2800. The number of aliphatic hydroxyl groups excluding tert-OH is 1. The van der Waals surface area contributed by atoms with Crippen LogP contribution in [0.4, 0.5) is 0 Å². The average Bonchev–Trinajstić information content (AvgIpc) is 0.906. The smallest absolute Gasteiger partial charge is 0.462 e. The summed E-state index contributed by atoms with van der Waals surface area (Å²) in [5, 5.41) is 10.7. The van der Waals surface area contributed by atoms with Gasteiger partial charge in [0, 0.05) is 25.7 Å². The molecule has 0 amide bonds. The van der Waals surface area contributed by atoms with Crippen LogP contribution in [-0.2, 0) is 65.4 Å². The maximum absolute atomic E-state index is 13.1. The molecule has 5 atom stereocenters. The zero-order chi connectivity index (χ0) is 80.3. The number of ether oxygens (including phenoxy) is 4. The minimum Gasteiger partial charge on any atom is -0.462 e. The fourth-order valence-corrected chi connectivity index (χ4v) is 12.2. The van der Waals surface area contributed by atoms with E-state index in [9.17, 15) is 43.2 Å². The van der Waals surface area contributed by atoms with E-state index in [1.807, 2.05) is 18.2 Å². The number of rotatable bonds is 77. The van der Waals surface area contributed by atoms with E-state index in [2.05, 4.69) is 192 Å². The summed E-state index contributed by atoms with van der Waals surface area (Å²) in [4.78, 5) is 73.2. The number of allylic oxidation sites excluding steroid dienone is 30. The molecule has 19 heteroatoms. The minimum atomic E-state index is -5.01. The number of carbonyl (C=O) groups is 4. The highest BCUT2D eigenvalue weighted by Crippen LogP contribution is 2.45. The first kappa shape index (κ1) is 104. The van der Waals surface area contributed by atoms with Crippen molar-refractivity contribution >= 4 is 39.5 Å². The van der Waals surface area contributed by atoms with Crippen molar-refractivity contribution in [1.29, 1.82) is 0 Å². The molecular weight excluding hydrogens is 1430 g/mol. The Labute approximate surface area is 666 Å². The fourth-order valence-electron chi connectivity index (χ4n) is 10.6. The van der Waals surface area contributed by atoms with Gasteiger partial charge in [-0.1, -0.05) is 300 Å². The van der Waals surface area contributed by atoms with E-state index in [1.54, 1.807) is 0 Å². The van der Waals surface area contributed by atoms with Gasteiger partial charge in [-0.05, 0) is 167 Å². The maximum atomic E-state index is 13.1. The lowest BCUT2D eigenvalue weighted by molar-refractivity contribution is -0.161. The molecule has 0 saturated heterocycles. The summed E-state index contributed by atoms with van der Waals surface area (Å²) < 4.78 is 68.7. The number of hydrogen-bond donors (Lipinski definition) is 3. The second-order valence-electron chi connectivity index (χ2n) is 27.3. The Morgan fingerprint density at radius 2 is 0.491 bits per heavy atom. The molecule has 0 bridgehead atoms. The minimum absolute atomic E-state index is 0.0270. The van der Waals surface area contributed by atoms with Gasteiger partial charge in [-0.2, -0.15) is 0 Å². The third kappa shape index (κ3) is 80.2. The van der Waals surface area contributed by atoms with E-state index < -0.39 is 97.5 Å². The zero-order valence-corrected chi connectivity index (χ0v) is 70.1. The summed E-state index contributed by atoms with van der Waals surface area (Å²) in [7, 11) is -10.0. The van der Waals surface area contributed by atoms with Crippen LogP contribution in [0.3, 0.4) is 0 Å². The highest BCUT2D eigenvalue weighted by Gasteiger charge is 2.30. The summed E-state index contributed by atoms with van der Waals surface area (Å²) in [5.41, 5.74) is 0. The van der Waals surface area contributed by atoms with Gasteiger partial charge in [-0.3, -0.25) is 37.3 Å². The van der Waals surface area contributed by atoms with E-state index in [1.165, 1.54) is 38.5 Å². The van der Waals surface area contributed by atoms with Crippen LogP contribution in [-0.4, -0.2) is 96.7 Å². The number of phosphoric ester groups is 2. The van der Waals surface area contributed by atoms with Gasteiger partial charge in [0.05, 0.1) is 26.4 Å². The second kappa shape index (κ2) is 81.2. The van der Waals surface area contributed by atoms with Crippen molar-refractivity contribution in [1.82, 2.24) is 0 Å². The van der Waals surface area contributed by atoms with Crippen LogP contribution >= 0.6 is 15.6 Å². The number of carbonyl (C=O) groups excluding carboxylic acids is 4. The number of unbranched alkanes of at least 4 members (excludes halogenated alkanes) is 21. The molecule has 0 aromatic carbocycles. The number of aliphatic hydroxyl groups is 1. The van der Waals surface area contributed by atoms with Crippen LogP contribution < -0.4 is 0 Å². The predicted octanol–water partition coefficient (Wildman–Crippen LogP) is 25.1. The van der Waals surface area contributed by atoms with Gasteiger partial charge in [0.2, 0.25) is 0 Å². The van der Waals surface area contributed by atoms with Gasteiger partial charge in [0.15, 0.2) is 12.2 Å². The van der Waals surface area contributed by atoms with Crippen LogP contribution in [0, 0.1) is 0 Å². The molecule has 3 N–H and O–H groups in total. The van der Waals surface area contributed by atoms with E-state index in [0.717, 1.165) is 186 Å². The Morgan fingerprint density at radius 1 is 0.264 bits per heavy atom. The molecule has 0 fully saturated rings. The Kier molecular flexibility index (Phi) is 76.9. The first-order valence-electron chi connectivity index (χ1n) is 42.0. The molecular formula is C91H148O17P2. The van der Waals surface area contributed by atoms with Crippen molar-refractivity contribution in [2.45, 2.75) is 329 Å². The van der Waals surface area contributed by atoms with E-state index in [4.69, 9.17) is 37.0 Å². The van der Waals surface area contributed by atoms with Gasteiger partial charge in [0.25, 0.3) is 0 Å². The highest BCUT2D eigenvalue weighted by molar-refractivity contribution is 7.47. The van der Waals surface area contributed by atoms with E-state index in [-0.39, 0.29) is 25.7 Å². The Hall–Kier alpha value is -5.84. The summed E-state index contributed by atoms with van der Waals surface area (Å²) >= 11 is 0. The van der Waals surface area contributed by atoms with Crippen molar-refractivity contribution in [3.8, 4) is 0 Å². The summed E-state index contributed by atoms with van der Waals surface area (Å²) in [6.45, 7) is 4.39. The maximum Gasteiger partial charge on any atom is 0.472 e. The molecule has 0 spiro atoms. The van der Waals surface area contributed by atoms with Crippen molar-refractivity contribution in [3.63, 3.8) is 0 Å². The fraction of sp³-hybridized carbons (Fsp3) is 0.626. The van der Waals surface area contributed by atoms with Gasteiger partial charge in [0.1, 0.15) is 19.3 Å². The van der Waals surface area contributed by atoms with Crippen LogP contribution in [0.1, 0.15) is 310 Å². The number of hydrogen-bond acceptors (Lipinski definition) is 15. The van der Waals surface area contributed by atoms with Crippen LogP contribution in [0.5, 0.6) is 0 Å². The van der Waals surface area contributed by atoms with Crippen LogP contribution in [0.15, 0.2) is 182 Å². The SMILES string of the molecule is CC/C=C\C/C=C\C/C=C\C/C=C\C/C=C\C/C=C\CCC(=O)OCC(COP(=O)(O)OCC(O)COP(=O)(O)OCC(COC(=O)CCCCC/C=C\C/C=C\C/C=C\C/C=C\C/C=C\CC)OC(=O)CCCCCCC/C=C\CCCCCCCC)OC(=O)CCCCCCCCC/C=C\C/C=C\C/C=C\CC. The first-order valence-corrected chi connectivity index (χ1v) is 45.0. The molecule has 0 aromatic rings.